The van der Waals surface area contributed by atoms with E-state index >= 15 is 0 Å². The third kappa shape index (κ3) is 5.18. The summed E-state index contributed by atoms with van der Waals surface area (Å²) in [5.41, 5.74) is 1.18. The van der Waals surface area contributed by atoms with Crippen LogP contribution < -0.4 is 0 Å². The lowest BCUT2D eigenvalue weighted by Crippen LogP contribution is -2.48. The molecule has 0 unspecified atom stereocenters. The Kier molecular flexibility index (Phi) is 5.91. The molecule has 1 N–H and O–H groups in total. The van der Waals surface area contributed by atoms with Gasteiger partial charge in [0.2, 0.25) is 5.91 Å². The summed E-state index contributed by atoms with van der Waals surface area (Å²) in [6.07, 6.45) is 6.22. The molecule has 1 aliphatic rings. The second-order valence-electron chi connectivity index (χ2n) is 5.11. The Morgan fingerprint density at radius 3 is 2.36 bits per heavy atom. The van der Waals surface area contributed by atoms with E-state index in [2.05, 4.69) is 29.2 Å². The number of amides is 1. The highest BCUT2D eigenvalue weighted by molar-refractivity contribution is 5.93. The number of carboxylic acids is 1. The zero-order valence-corrected chi connectivity index (χ0v) is 12.4. The number of carbonyl (C=O) groups excluding carboxylic acids is 1. The number of carboxylic acid groups (broad SMARTS) is 1. The number of hydrogen-bond donors (Lipinski definition) is 1. The van der Waals surface area contributed by atoms with Gasteiger partial charge in [0, 0.05) is 44.9 Å². The van der Waals surface area contributed by atoms with Gasteiger partial charge in [-0.25, -0.2) is 4.79 Å². The van der Waals surface area contributed by atoms with Crippen LogP contribution in [0.3, 0.4) is 0 Å². The summed E-state index contributed by atoms with van der Waals surface area (Å²) in [4.78, 5) is 26.1. The Morgan fingerprint density at radius 1 is 1.05 bits per heavy atom. The van der Waals surface area contributed by atoms with Crippen molar-refractivity contribution in [3.8, 4) is 0 Å². The van der Waals surface area contributed by atoms with E-state index in [1.165, 1.54) is 5.56 Å². The summed E-state index contributed by atoms with van der Waals surface area (Å²) in [6.45, 7) is 3.70. The third-order valence-electron chi connectivity index (χ3n) is 3.53. The molecule has 0 bridgehead atoms. The smallest absolute Gasteiger partial charge is 0.328 e. The lowest BCUT2D eigenvalue weighted by atomic mass is 10.2. The van der Waals surface area contributed by atoms with Crippen LogP contribution in [0.4, 0.5) is 0 Å². The van der Waals surface area contributed by atoms with Gasteiger partial charge < -0.3 is 10.0 Å². The van der Waals surface area contributed by atoms with E-state index < -0.39 is 5.97 Å². The van der Waals surface area contributed by atoms with Crippen molar-refractivity contribution in [3.63, 3.8) is 0 Å². The van der Waals surface area contributed by atoms with Crippen molar-refractivity contribution in [2.75, 3.05) is 32.7 Å². The number of hydrogen-bond acceptors (Lipinski definition) is 3. The highest BCUT2D eigenvalue weighted by Gasteiger charge is 2.18. The molecule has 1 amide bonds. The second kappa shape index (κ2) is 8.14. The van der Waals surface area contributed by atoms with E-state index in [1.54, 1.807) is 4.90 Å². The van der Waals surface area contributed by atoms with Crippen LogP contribution in [-0.2, 0) is 9.59 Å². The van der Waals surface area contributed by atoms with Crippen molar-refractivity contribution in [3.05, 3.63) is 54.1 Å². The lowest BCUT2D eigenvalue weighted by Gasteiger charge is -2.33. The van der Waals surface area contributed by atoms with Gasteiger partial charge in [-0.05, 0) is 5.56 Å². The summed E-state index contributed by atoms with van der Waals surface area (Å²) in [6, 6.07) is 10.1. The molecule has 5 nitrogen and oxygen atoms in total. The maximum absolute atomic E-state index is 11.8. The molecule has 22 heavy (non-hydrogen) atoms. The van der Waals surface area contributed by atoms with Crippen LogP contribution >= 0.6 is 0 Å². The van der Waals surface area contributed by atoms with E-state index in [9.17, 15) is 9.59 Å². The Morgan fingerprint density at radius 2 is 1.73 bits per heavy atom. The minimum absolute atomic E-state index is 0.234. The zero-order chi connectivity index (χ0) is 15.8. The number of benzene rings is 1. The fourth-order valence-electron chi connectivity index (χ4n) is 2.30. The van der Waals surface area contributed by atoms with Crippen LogP contribution in [0, 0.1) is 0 Å². The first-order valence-corrected chi connectivity index (χ1v) is 7.29. The Labute approximate surface area is 130 Å². The van der Waals surface area contributed by atoms with Crippen LogP contribution in [0.5, 0.6) is 0 Å². The molecule has 0 atom stereocenters. The van der Waals surface area contributed by atoms with Crippen LogP contribution in [-0.4, -0.2) is 59.5 Å². The maximum atomic E-state index is 11.8. The van der Waals surface area contributed by atoms with Crippen molar-refractivity contribution in [2.24, 2.45) is 0 Å². The van der Waals surface area contributed by atoms with Gasteiger partial charge in [0.1, 0.15) is 0 Å². The molecule has 1 fully saturated rings. The average Bonchev–Trinajstić information content (AvgIpc) is 2.54. The van der Waals surface area contributed by atoms with Crippen molar-refractivity contribution in [1.82, 2.24) is 9.80 Å². The van der Waals surface area contributed by atoms with Gasteiger partial charge in [-0.1, -0.05) is 42.5 Å². The van der Waals surface area contributed by atoms with Gasteiger partial charge in [0.05, 0.1) is 0 Å². The standard InChI is InChI=1S/C17H20N2O3/c20-16(8-9-17(21)22)19-13-11-18(12-14-19)10-4-7-15-5-2-1-3-6-15/h1-9H,10-14H2,(H,21,22)/b7-4+,9-8?. The molecule has 1 aromatic rings. The molecule has 0 radical (unpaired) electrons. The first-order valence-electron chi connectivity index (χ1n) is 7.29. The predicted molar refractivity (Wildman–Crippen MR) is 85.3 cm³/mol. The van der Waals surface area contributed by atoms with Gasteiger partial charge in [-0.2, -0.15) is 0 Å². The van der Waals surface area contributed by atoms with Crippen molar-refractivity contribution < 1.29 is 14.7 Å². The topological polar surface area (TPSA) is 60.9 Å². The Hall–Kier alpha value is -2.40. The maximum Gasteiger partial charge on any atom is 0.328 e. The first kappa shape index (κ1) is 16.0. The van der Waals surface area contributed by atoms with Crippen molar-refractivity contribution >= 4 is 18.0 Å². The first-order chi connectivity index (χ1) is 10.6. The number of aliphatic carboxylic acids is 1. The molecule has 0 aromatic heterocycles. The number of piperazine rings is 1. The van der Waals surface area contributed by atoms with E-state index in [1.807, 2.05) is 18.2 Å². The van der Waals surface area contributed by atoms with E-state index in [4.69, 9.17) is 5.11 Å². The van der Waals surface area contributed by atoms with E-state index in [0.717, 1.165) is 31.8 Å². The van der Waals surface area contributed by atoms with Gasteiger partial charge in [-0.3, -0.25) is 9.69 Å². The molecule has 0 saturated carbocycles. The molecule has 5 heteroatoms. The van der Waals surface area contributed by atoms with Gasteiger partial charge in [0.25, 0.3) is 0 Å². The quantitative estimate of drug-likeness (QED) is 0.837. The fourth-order valence-corrected chi connectivity index (χ4v) is 2.30. The van der Waals surface area contributed by atoms with Crippen molar-refractivity contribution in [2.45, 2.75) is 0 Å². The molecule has 1 saturated heterocycles. The minimum atomic E-state index is -1.10. The highest BCUT2D eigenvalue weighted by Crippen LogP contribution is 2.05. The number of carbonyl (C=O) groups is 2. The Balaban J connectivity index is 1.74. The average molecular weight is 300 g/mol. The molecule has 2 rings (SSSR count). The van der Waals surface area contributed by atoms with Gasteiger partial charge in [0.15, 0.2) is 0 Å². The van der Waals surface area contributed by atoms with Crippen LogP contribution in [0.2, 0.25) is 0 Å². The molecular formula is C17H20N2O3. The van der Waals surface area contributed by atoms with Crippen LogP contribution in [0.15, 0.2) is 48.6 Å². The summed E-state index contributed by atoms with van der Waals surface area (Å²) in [7, 11) is 0. The fraction of sp³-hybridized carbons (Fsp3) is 0.294. The molecule has 0 aliphatic carbocycles. The van der Waals surface area contributed by atoms with Gasteiger partial charge >= 0.3 is 5.97 Å². The molecule has 0 spiro atoms. The lowest BCUT2D eigenvalue weighted by molar-refractivity contribution is -0.132. The number of rotatable bonds is 5. The highest BCUT2D eigenvalue weighted by atomic mass is 16.4. The molecule has 1 aliphatic heterocycles. The monoisotopic (exact) mass is 300 g/mol. The minimum Gasteiger partial charge on any atom is -0.478 e. The molecule has 116 valence electrons. The predicted octanol–water partition coefficient (Wildman–Crippen LogP) is 1.48. The third-order valence-corrected chi connectivity index (χ3v) is 3.53. The summed E-state index contributed by atoms with van der Waals surface area (Å²) < 4.78 is 0. The summed E-state index contributed by atoms with van der Waals surface area (Å²) in [5.74, 6) is -1.33. The van der Waals surface area contributed by atoms with Crippen LogP contribution in [0.1, 0.15) is 5.56 Å². The summed E-state index contributed by atoms with van der Waals surface area (Å²) >= 11 is 0. The van der Waals surface area contributed by atoms with E-state index in [-0.39, 0.29) is 5.91 Å². The number of nitrogens with zero attached hydrogens (tertiary/aromatic N) is 2. The van der Waals surface area contributed by atoms with Crippen molar-refractivity contribution in [1.29, 1.82) is 0 Å². The second-order valence-corrected chi connectivity index (χ2v) is 5.11. The summed E-state index contributed by atoms with van der Waals surface area (Å²) in [5, 5.41) is 8.52. The SMILES string of the molecule is O=C(O)C=CC(=O)N1CCN(C/C=C/c2ccccc2)CC1. The molecule has 1 aromatic carbocycles. The van der Waals surface area contributed by atoms with E-state index in [0.29, 0.717) is 13.1 Å². The zero-order valence-electron chi connectivity index (χ0n) is 12.4. The van der Waals surface area contributed by atoms with Gasteiger partial charge in [-0.15, -0.1) is 0 Å². The largest absolute Gasteiger partial charge is 0.478 e. The normalized spacial score (nSPS) is 16.5. The van der Waals surface area contributed by atoms with Crippen LogP contribution in [0.25, 0.3) is 6.08 Å². The molecule has 1 heterocycles. The molecular weight excluding hydrogens is 280 g/mol. The Bertz CT molecular complexity index is 559.